The Morgan fingerprint density at radius 1 is 0.885 bits per heavy atom. The Labute approximate surface area is 157 Å². The number of aryl methyl sites for hydroxylation is 3. The number of nitrogens with zero attached hydrogens (tertiary/aromatic N) is 3. The zero-order valence-electron chi connectivity index (χ0n) is 16.1. The minimum absolute atomic E-state index is 0.290. The van der Waals surface area contributed by atoms with Crippen molar-refractivity contribution in [3.63, 3.8) is 0 Å². The Kier molecular flexibility index (Phi) is 6.21. The maximum Gasteiger partial charge on any atom is 0.0904 e. The molecule has 1 atom stereocenters. The molecule has 0 saturated heterocycles. The lowest BCUT2D eigenvalue weighted by Gasteiger charge is -2.18. The lowest BCUT2D eigenvalue weighted by atomic mass is 9.86. The minimum Gasteiger partial charge on any atom is -0.252 e. The first-order chi connectivity index (χ1) is 12.7. The van der Waals surface area contributed by atoms with Crippen LogP contribution in [-0.2, 0) is 19.4 Å². The lowest BCUT2D eigenvalue weighted by Crippen LogP contribution is -2.09. The van der Waals surface area contributed by atoms with E-state index in [0.717, 1.165) is 25.1 Å². The number of hydrogen-bond donors (Lipinski definition) is 0. The standard InChI is InChI=1S/C23H29N3/c1-4-8-19-11-13-20(14-12-19)15-16-26-17-22(24-25-26)23(18(2)3)21-9-6-5-7-10-21/h5-7,9-14,17-18,23H,4,8,15-16H2,1-3H3. The van der Waals surface area contributed by atoms with E-state index in [0.29, 0.717) is 11.8 Å². The average molecular weight is 348 g/mol. The second kappa shape index (κ2) is 8.79. The normalized spacial score (nSPS) is 12.5. The molecule has 1 unspecified atom stereocenters. The first kappa shape index (κ1) is 18.4. The highest BCUT2D eigenvalue weighted by atomic mass is 15.4. The van der Waals surface area contributed by atoms with E-state index in [1.807, 2.05) is 4.68 Å². The van der Waals surface area contributed by atoms with Crippen LogP contribution in [0.15, 0.2) is 60.8 Å². The van der Waals surface area contributed by atoms with E-state index in [4.69, 9.17) is 0 Å². The molecule has 0 spiro atoms. The first-order valence-corrected chi connectivity index (χ1v) is 9.70. The smallest absolute Gasteiger partial charge is 0.0904 e. The van der Waals surface area contributed by atoms with E-state index in [1.165, 1.54) is 23.1 Å². The molecule has 26 heavy (non-hydrogen) atoms. The summed E-state index contributed by atoms with van der Waals surface area (Å²) in [6, 6.07) is 19.6. The molecule has 3 rings (SSSR count). The van der Waals surface area contributed by atoms with Crippen LogP contribution in [-0.4, -0.2) is 15.0 Å². The molecule has 3 aromatic rings. The van der Waals surface area contributed by atoms with Crippen molar-refractivity contribution in [1.29, 1.82) is 0 Å². The minimum atomic E-state index is 0.290. The highest BCUT2D eigenvalue weighted by Crippen LogP contribution is 2.30. The number of aromatic nitrogens is 3. The van der Waals surface area contributed by atoms with Gasteiger partial charge in [0.05, 0.1) is 5.69 Å². The predicted octanol–water partition coefficient (Wildman–Crippen LogP) is 5.26. The summed E-state index contributed by atoms with van der Waals surface area (Å²) in [4.78, 5) is 0. The maximum atomic E-state index is 4.48. The summed E-state index contributed by atoms with van der Waals surface area (Å²) >= 11 is 0. The molecule has 0 fully saturated rings. The third-order valence-electron chi connectivity index (χ3n) is 4.89. The van der Waals surface area contributed by atoms with Gasteiger partial charge >= 0.3 is 0 Å². The van der Waals surface area contributed by atoms with Gasteiger partial charge in [-0.15, -0.1) is 5.10 Å². The van der Waals surface area contributed by atoms with Gasteiger partial charge in [0, 0.05) is 18.7 Å². The molecule has 0 bridgehead atoms. The van der Waals surface area contributed by atoms with E-state index in [2.05, 4.69) is 91.9 Å². The van der Waals surface area contributed by atoms with Gasteiger partial charge in [0.1, 0.15) is 0 Å². The third-order valence-corrected chi connectivity index (χ3v) is 4.89. The van der Waals surface area contributed by atoms with Gasteiger partial charge in [-0.1, -0.05) is 87.0 Å². The van der Waals surface area contributed by atoms with Crippen LogP contribution in [0, 0.1) is 5.92 Å². The summed E-state index contributed by atoms with van der Waals surface area (Å²) in [7, 11) is 0. The first-order valence-electron chi connectivity index (χ1n) is 9.70. The van der Waals surface area contributed by atoms with Crippen molar-refractivity contribution in [2.75, 3.05) is 0 Å². The lowest BCUT2D eigenvalue weighted by molar-refractivity contribution is 0.550. The third kappa shape index (κ3) is 4.60. The van der Waals surface area contributed by atoms with Crippen LogP contribution in [0.4, 0.5) is 0 Å². The Balaban J connectivity index is 1.67. The molecular weight excluding hydrogens is 318 g/mol. The molecule has 0 aliphatic rings. The molecule has 0 aliphatic heterocycles. The van der Waals surface area contributed by atoms with E-state index >= 15 is 0 Å². The Morgan fingerprint density at radius 3 is 2.15 bits per heavy atom. The predicted molar refractivity (Wildman–Crippen MR) is 107 cm³/mol. The monoisotopic (exact) mass is 347 g/mol. The molecule has 1 heterocycles. The van der Waals surface area contributed by atoms with Gasteiger partial charge in [0.15, 0.2) is 0 Å². The van der Waals surface area contributed by atoms with E-state index in [1.54, 1.807) is 0 Å². The fourth-order valence-electron chi connectivity index (χ4n) is 3.53. The van der Waals surface area contributed by atoms with Crippen molar-refractivity contribution in [2.45, 2.75) is 52.5 Å². The highest BCUT2D eigenvalue weighted by Gasteiger charge is 2.21. The molecule has 0 radical (unpaired) electrons. The summed E-state index contributed by atoms with van der Waals surface area (Å²) in [6.45, 7) is 7.57. The number of benzene rings is 2. The van der Waals surface area contributed by atoms with Crippen LogP contribution in [0.3, 0.4) is 0 Å². The molecule has 0 aliphatic carbocycles. The molecular formula is C23H29N3. The van der Waals surface area contributed by atoms with E-state index in [9.17, 15) is 0 Å². The van der Waals surface area contributed by atoms with Crippen LogP contribution in [0.25, 0.3) is 0 Å². The maximum absolute atomic E-state index is 4.48. The Bertz CT molecular complexity index is 788. The van der Waals surface area contributed by atoms with Gasteiger partial charge in [-0.3, -0.25) is 4.68 Å². The molecule has 3 nitrogen and oxygen atoms in total. The van der Waals surface area contributed by atoms with Crippen molar-refractivity contribution < 1.29 is 0 Å². The van der Waals surface area contributed by atoms with E-state index in [-0.39, 0.29) is 0 Å². The largest absolute Gasteiger partial charge is 0.252 e. The summed E-state index contributed by atoms with van der Waals surface area (Å²) in [5.74, 6) is 0.770. The van der Waals surface area contributed by atoms with Crippen molar-refractivity contribution in [1.82, 2.24) is 15.0 Å². The summed E-state index contributed by atoms with van der Waals surface area (Å²) < 4.78 is 1.98. The van der Waals surface area contributed by atoms with Crippen molar-refractivity contribution in [3.8, 4) is 0 Å². The quantitative estimate of drug-likeness (QED) is 0.556. The Morgan fingerprint density at radius 2 is 1.54 bits per heavy atom. The summed E-state index contributed by atoms with van der Waals surface area (Å²) in [6.07, 6.45) is 5.44. The van der Waals surface area contributed by atoms with Gasteiger partial charge in [0.25, 0.3) is 0 Å². The molecule has 0 saturated carbocycles. The van der Waals surface area contributed by atoms with Crippen LogP contribution in [0.2, 0.25) is 0 Å². The molecule has 3 heteroatoms. The van der Waals surface area contributed by atoms with Crippen molar-refractivity contribution in [3.05, 3.63) is 83.2 Å². The number of rotatable bonds is 8. The van der Waals surface area contributed by atoms with Crippen LogP contribution in [0.5, 0.6) is 0 Å². The van der Waals surface area contributed by atoms with Crippen LogP contribution >= 0.6 is 0 Å². The van der Waals surface area contributed by atoms with Gasteiger partial charge in [0.2, 0.25) is 0 Å². The average Bonchev–Trinajstić information content (AvgIpc) is 3.10. The summed E-state index contributed by atoms with van der Waals surface area (Å²) in [5.41, 5.74) is 5.14. The molecule has 0 amide bonds. The highest BCUT2D eigenvalue weighted by molar-refractivity contribution is 5.27. The van der Waals surface area contributed by atoms with Gasteiger partial charge in [-0.2, -0.15) is 0 Å². The van der Waals surface area contributed by atoms with Gasteiger partial charge in [-0.25, -0.2) is 0 Å². The molecule has 0 N–H and O–H groups in total. The zero-order valence-corrected chi connectivity index (χ0v) is 16.1. The zero-order chi connectivity index (χ0) is 18.4. The van der Waals surface area contributed by atoms with Crippen LogP contribution < -0.4 is 0 Å². The van der Waals surface area contributed by atoms with Crippen LogP contribution in [0.1, 0.15) is 55.5 Å². The fourth-order valence-corrected chi connectivity index (χ4v) is 3.53. The summed E-state index contributed by atoms with van der Waals surface area (Å²) in [5, 5.41) is 8.85. The topological polar surface area (TPSA) is 30.7 Å². The van der Waals surface area contributed by atoms with Crippen molar-refractivity contribution in [2.24, 2.45) is 5.92 Å². The van der Waals surface area contributed by atoms with E-state index < -0.39 is 0 Å². The number of hydrogen-bond acceptors (Lipinski definition) is 2. The van der Waals surface area contributed by atoms with Crippen molar-refractivity contribution >= 4 is 0 Å². The fraction of sp³-hybridized carbons (Fsp3) is 0.391. The van der Waals surface area contributed by atoms with Gasteiger partial charge < -0.3 is 0 Å². The second-order valence-corrected chi connectivity index (χ2v) is 7.36. The molecule has 2 aromatic carbocycles. The molecule has 1 aromatic heterocycles. The SMILES string of the molecule is CCCc1ccc(CCn2cc(C(c3ccccc3)C(C)C)nn2)cc1. The van der Waals surface area contributed by atoms with Gasteiger partial charge in [-0.05, 0) is 35.4 Å². The molecule has 136 valence electrons. The second-order valence-electron chi connectivity index (χ2n) is 7.36. The Hall–Kier alpha value is -2.42.